The third kappa shape index (κ3) is 5.34. The lowest BCUT2D eigenvalue weighted by Gasteiger charge is -2.27. The fourth-order valence-corrected chi connectivity index (χ4v) is 4.50. The van der Waals surface area contributed by atoms with Gasteiger partial charge in [-0.1, -0.05) is 6.42 Å². The fourth-order valence-electron chi connectivity index (χ4n) is 3.32. The number of ether oxygens (including phenoxy) is 1. The Balaban J connectivity index is 1.72. The summed E-state index contributed by atoms with van der Waals surface area (Å²) in [6, 6.07) is 0. The molecule has 0 amide bonds. The number of nitrogens with one attached hydrogen (secondary N) is 1. The topological polar surface area (TPSA) is 72.5 Å². The maximum atomic E-state index is 12.2. The molecule has 1 aliphatic heterocycles. The van der Waals surface area contributed by atoms with Gasteiger partial charge in [-0.15, -0.1) is 0 Å². The number of piperidine rings is 1. The van der Waals surface area contributed by atoms with Crippen LogP contribution in [0.15, 0.2) is 0 Å². The van der Waals surface area contributed by atoms with Crippen LogP contribution >= 0.6 is 0 Å². The van der Waals surface area contributed by atoms with Crippen LogP contribution in [0.5, 0.6) is 0 Å². The van der Waals surface area contributed by atoms with E-state index in [9.17, 15) is 13.2 Å². The molecule has 1 saturated carbocycles. The summed E-state index contributed by atoms with van der Waals surface area (Å²) in [5, 5.41) is 2.95. The predicted molar refractivity (Wildman–Crippen MR) is 82.1 cm³/mol. The summed E-state index contributed by atoms with van der Waals surface area (Å²) in [4.78, 5) is 12.2. The third-order valence-electron chi connectivity index (χ3n) is 4.68. The molecule has 0 aromatic heterocycles. The van der Waals surface area contributed by atoms with E-state index in [-0.39, 0.29) is 23.1 Å². The summed E-state index contributed by atoms with van der Waals surface area (Å²) in [5.74, 6) is 0.0902. The second kappa shape index (κ2) is 7.70. The molecule has 2 rings (SSSR count). The Morgan fingerprint density at radius 2 is 1.90 bits per heavy atom. The van der Waals surface area contributed by atoms with E-state index < -0.39 is 9.84 Å². The van der Waals surface area contributed by atoms with Crippen LogP contribution in [0.4, 0.5) is 0 Å². The molecular formula is C15H27NO4S. The molecule has 21 heavy (non-hydrogen) atoms. The molecule has 122 valence electrons. The zero-order chi connectivity index (χ0) is 15.3. The van der Waals surface area contributed by atoms with Crippen molar-refractivity contribution in [2.24, 2.45) is 5.92 Å². The molecule has 0 bridgehead atoms. The molecule has 2 unspecified atom stereocenters. The zero-order valence-electron chi connectivity index (χ0n) is 12.8. The number of rotatable bonds is 6. The van der Waals surface area contributed by atoms with Gasteiger partial charge in [0.1, 0.15) is 15.6 Å². The molecule has 1 N–H and O–H groups in total. The lowest BCUT2D eigenvalue weighted by molar-refractivity contribution is -0.125. The highest BCUT2D eigenvalue weighted by Crippen LogP contribution is 2.29. The lowest BCUT2D eigenvalue weighted by Crippen LogP contribution is -2.34. The van der Waals surface area contributed by atoms with Gasteiger partial charge in [0, 0.05) is 18.6 Å². The van der Waals surface area contributed by atoms with Crippen molar-refractivity contribution in [2.45, 2.75) is 56.3 Å². The average Bonchev–Trinajstić information content (AvgIpc) is 2.47. The zero-order valence-corrected chi connectivity index (χ0v) is 13.7. The van der Waals surface area contributed by atoms with Gasteiger partial charge < -0.3 is 10.1 Å². The van der Waals surface area contributed by atoms with E-state index >= 15 is 0 Å². The van der Waals surface area contributed by atoms with Crippen molar-refractivity contribution < 1.29 is 17.9 Å². The molecule has 0 aromatic rings. The summed E-state index contributed by atoms with van der Waals surface area (Å²) in [6.45, 7) is 2.44. The molecule has 0 aromatic carbocycles. The molecule has 1 saturated heterocycles. The van der Waals surface area contributed by atoms with Gasteiger partial charge in [0.2, 0.25) is 0 Å². The van der Waals surface area contributed by atoms with E-state index in [2.05, 4.69) is 5.32 Å². The van der Waals surface area contributed by atoms with Crippen LogP contribution in [0.2, 0.25) is 0 Å². The first-order valence-electron chi connectivity index (χ1n) is 8.00. The molecule has 1 heterocycles. The SMILES string of the molecule is CS(=O)(=O)C1CCCC(C(=O)CCOC2CCNCC2)C1. The number of carbonyl (C=O) groups is 1. The third-order valence-corrected chi connectivity index (χ3v) is 6.31. The first kappa shape index (κ1) is 16.9. The normalized spacial score (nSPS) is 28.4. The highest BCUT2D eigenvalue weighted by atomic mass is 32.2. The molecule has 2 fully saturated rings. The highest BCUT2D eigenvalue weighted by Gasteiger charge is 2.32. The van der Waals surface area contributed by atoms with Crippen LogP contribution in [0, 0.1) is 5.92 Å². The molecule has 1 aliphatic carbocycles. The summed E-state index contributed by atoms with van der Waals surface area (Å²) in [7, 11) is -3.02. The molecule has 2 aliphatic rings. The van der Waals surface area contributed by atoms with Crippen LogP contribution in [0.25, 0.3) is 0 Å². The minimum Gasteiger partial charge on any atom is -0.378 e. The van der Waals surface area contributed by atoms with E-state index in [1.54, 1.807) is 0 Å². The van der Waals surface area contributed by atoms with Gasteiger partial charge in [0.15, 0.2) is 0 Å². The van der Waals surface area contributed by atoms with Crippen molar-refractivity contribution in [1.82, 2.24) is 5.32 Å². The van der Waals surface area contributed by atoms with Gasteiger partial charge >= 0.3 is 0 Å². The monoisotopic (exact) mass is 317 g/mol. The van der Waals surface area contributed by atoms with Gasteiger partial charge in [0.25, 0.3) is 0 Å². The quantitative estimate of drug-likeness (QED) is 0.800. The molecule has 0 radical (unpaired) electrons. The average molecular weight is 317 g/mol. The lowest BCUT2D eigenvalue weighted by atomic mass is 9.85. The Kier molecular flexibility index (Phi) is 6.20. The molecule has 2 atom stereocenters. The Morgan fingerprint density at radius 1 is 1.19 bits per heavy atom. The van der Waals surface area contributed by atoms with Crippen LogP contribution in [0.3, 0.4) is 0 Å². The number of Topliss-reactive ketones (excluding diaryl/α,β-unsaturated/α-hetero) is 1. The predicted octanol–water partition coefficient (Wildman–Crippen LogP) is 1.32. The molecule has 0 spiro atoms. The van der Waals surface area contributed by atoms with Crippen molar-refractivity contribution in [3.05, 3.63) is 0 Å². The first-order valence-corrected chi connectivity index (χ1v) is 9.96. The maximum Gasteiger partial charge on any atom is 0.150 e. The Morgan fingerprint density at radius 3 is 2.57 bits per heavy atom. The van der Waals surface area contributed by atoms with E-state index in [0.717, 1.165) is 38.8 Å². The number of carbonyl (C=O) groups excluding carboxylic acids is 1. The van der Waals surface area contributed by atoms with Crippen molar-refractivity contribution in [2.75, 3.05) is 26.0 Å². The maximum absolute atomic E-state index is 12.2. The Labute approximate surface area is 127 Å². The van der Waals surface area contributed by atoms with Crippen molar-refractivity contribution >= 4 is 15.6 Å². The second-order valence-corrected chi connectivity index (χ2v) is 8.68. The van der Waals surface area contributed by atoms with Gasteiger partial charge in [-0.05, 0) is 45.2 Å². The summed E-state index contributed by atoms with van der Waals surface area (Å²) in [6.07, 6.45) is 6.87. The fraction of sp³-hybridized carbons (Fsp3) is 0.933. The van der Waals surface area contributed by atoms with E-state index in [1.807, 2.05) is 0 Å². The van der Waals surface area contributed by atoms with E-state index in [4.69, 9.17) is 4.74 Å². The minimum atomic E-state index is -3.02. The highest BCUT2D eigenvalue weighted by molar-refractivity contribution is 7.91. The number of ketones is 1. The number of hydrogen-bond donors (Lipinski definition) is 1. The Hall–Kier alpha value is -0.460. The smallest absolute Gasteiger partial charge is 0.150 e. The van der Waals surface area contributed by atoms with Crippen LogP contribution in [-0.2, 0) is 19.4 Å². The summed E-state index contributed by atoms with van der Waals surface area (Å²) in [5.41, 5.74) is 0. The number of sulfone groups is 1. The van der Waals surface area contributed by atoms with Gasteiger partial charge in [-0.25, -0.2) is 8.42 Å². The van der Waals surface area contributed by atoms with Crippen LogP contribution < -0.4 is 5.32 Å². The van der Waals surface area contributed by atoms with Crippen molar-refractivity contribution in [1.29, 1.82) is 0 Å². The van der Waals surface area contributed by atoms with E-state index in [0.29, 0.717) is 25.9 Å². The Bertz CT molecular complexity index is 443. The standard InChI is InChI=1S/C15H27NO4S/c1-21(18,19)14-4-2-3-12(11-14)15(17)7-10-20-13-5-8-16-9-6-13/h12-14,16H,2-11H2,1H3. The van der Waals surface area contributed by atoms with Gasteiger partial charge in [-0.3, -0.25) is 4.79 Å². The van der Waals surface area contributed by atoms with Gasteiger partial charge in [-0.2, -0.15) is 0 Å². The first-order chi connectivity index (χ1) is 9.97. The summed E-state index contributed by atoms with van der Waals surface area (Å²) >= 11 is 0. The molecular weight excluding hydrogens is 290 g/mol. The molecule has 6 heteroatoms. The number of hydrogen-bond acceptors (Lipinski definition) is 5. The summed E-state index contributed by atoms with van der Waals surface area (Å²) < 4.78 is 29.0. The van der Waals surface area contributed by atoms with Crippen LogP contribution in [-0.4, -0.2) is 51.5 Å². The van der Waals surface area contributed by atoms with Crippen LogP contribution in [0.1, 0.15) is 44.9 Å². The largest absolute Gasteiger partial charge is 0.378 e. The van der Waals surface area contributed by atoms with Crippen molar-refractivity contribution in [3.8, 4) is 0 Å². The van der Waals surface area contributed by atoms with E-state index in [1.165, 1.54) is 6.26 Å². The molecule has 5 nitrogen and oxygen atoms in total. The van der Waals surface area contributed by atoms with Crippen molar-refractivity contribution in [3.63, 3.8) is 0 Å². The van der Waals surface area contributed by atoms with Gasteiger partial charge in [0.05, 0.1) is 18.0 Å². The second-order valence-electron chi connectivity index (χ2n) is 6.35. The minimum absolute atomic E-state index is 0.0879.